The van der Waals surface area contributed by atoms with Gasteiger partial charge in [0.25, 0.3) is 0 Å². The molecule has 0 spiro atoms. The molecule has 0 aliphatic heterocycles. The molecule has 1 N–H and O–H groups in total. The molecule has 0 aliphatic carbocycles. The summed E-state index contributed by atoms with van der Waals surface area (Å²) in [6, 6.07) is 7.23. The quantitative estimate of drug-likeness (QED) is 0.785. The van der Waals surface area contributed by atoms with Crippen LogP contribution < -0.4 is 0 Å². The van der Waals surface area contributed by atoms with Crippen molar-refractivity contribution in [1.29, 1.82) is 0 Å². The van der Waals surface area contributed by atoms with Crippen LogP contribution >= 0.6 is 23.8 Å². The van der Waals surface area contributed by atoms with Crippen molar-refractivity contribution in [2.45, 2.75) is 6.18 Å². The van der Waals surface area contributed by atoms with E-state index in [1.807, 2.05) is 4.98 Å². The highest BCUT2D eigenvalue weighted by molar-refractivity contribution is 7.71. The first-order valence-electron chi connectivity index (χ1n) is 4.81. The lowest BCUT2D eigenvalue weighted by Gasteiger charge is -2.08. The van der Waals surface area contributed by atoms with E-state index >= 15 is 0 Å². The number of nitrogens with one attached hydrogen (secondary N) is 1. The molecule has 0 unspecified atom stereocenters. The fourth-order valence-corrected chi connectivity index (χ4v) is 1.71. The van der Waals surface area contributed by atoms with Gasteiger partial charge >= 0.3 is 6.18 Å². The molecule has 2 aromatic rings. The standard InChI is InChI=1S/C11H6ClF3N2S/c12-7-3-1-6(2-4-7)8-5-9(11(13,14)15)17-10(18)16-8/h1-5H,(H,16,17,18). The maximum atomic E-state index is 12.6. The van der Waals surface area contributed by atoms with Crippen molar-refractivity contribution in [1.82, 2.24) is 9.97 Å². The van der Waals surface area contributed by atoms with Gasteiger partial charge in [0.2, 0.25) is 0 Å². The van der Waals surface area contributed by atoms with Gasteiger partial charge in [-0.2, -0.15) is 13.2 Å². The molecule has 0 fully saturated rings. The summed E-state index contributed by atoms with van der Waals surface area (Å²) in [6.45, 7) is 0. The summed E-state index contributed by atoms with van der Waals surface area (Å²) >= 11 is 10.4. The average Bonchev–Trinajstić information content (AvgIpc) is 2.28. The molecule has 0 bridgehead atoms. The molecule has 94 valence electrons. The van der Waals surface area contributed by atoms with Crippen LogP contribution in [0.4, 0.5) is 13.2 Å². The van der Waals surface area contributed by atoms with E-state index in [-0.39, 0.29) is 10.5 Å². The maximum absolute atomic E-state index is 12.6. The Kier molecular flexibility index (Phi) is 3.41. The number of hydrogen-bond donors (Lipinski definition) is 1. The van der Waals surface area contributed by atoms with Gasteiger partial charge in [-0.3, -0.25) is 0 Å². The lowest BCUT2D eigenvalue weighted by molar-refractivity contribution is -0.141. The van der Waals surface area contributed by atoms with Gasteiger partial charge in [0.05, 0.1) is 5.69 Å². The van der Waals surface area contributed by atoms with Gasteiger partial charge in [-0.1, -0.05) is 23.7 Å². The molecule has 1 heterocycles. The summed E-state index contributed by atoms with van der Waals surface area (Å²) in [4.78, 5) is 5.88. The monoisotopic (exact) mass is 290 g/mol. The van der Waals surface area contributed by atoms with Gasteiger partial charge in [-0.25, -0.2) is 4.98 Å². The van der Waals surface area contributed by atoms with E-state index in [2.05, 4.69) is 17.2 Å². The van der Waals surface area contributed by atoms with Crippen LogP contribution in [-0.2, 0) is 6.18 Å². The molecule has 7 heteroatoms. The molecule has 0 atom stereocenters. The number of aromatic nitrogens is 2. The highest BCUT2D eigenvalue weighted by Crippen LogP contribution is 2.30. The molecule has 0 radical (unpaired) electrons. The third-order valence-electron chi connectivity index (χ3n) is 2.19. The molecule has 0 aliphatic rings. The van der Waals surface area contributed by atoms with Crippen molar-refractivity contribution < 1.29 is 13.2 Å². The van der Waals surface area contributed by atoms with E-state index in [1.54, 1.807) is 24.3 Å². The molecule has 1 aromatic heterocycles. The topological polar surface area (TPSA) is 28.7 Å². The van der Waals surface area contributed by atoms with E-state index in [1.165, 1.54) is 0 Å². The van der Waals surface area contributed by atoms with Gasteiger partial charge in [-0.05, 0) is 30.4 Å². The Morgan fingerprint density at radius 1 is 1.17 bits per heavy atom. The molecule has 0 saturated heterocycles. The molecule has 18 heavy (non-hydrogen) atoms. The van der Waals surface area contributed by atoms with Gasteiger partial charge < -0.3 is 4.98 Å². The van der Waals surface area contributed by atoms with E-state index < -0.39 is 11.9 Å². The minimum absolute atomic E-state index is 0.155. The third kappa shape index (κ3) is 2.88. The fraction of sp³-hybridized carbons (Fsp3) is 0.0909. The van der Waals surface area contributed by atoms with Crippen LogP contribution in [0.15, 0.2) is 30.3 Å². The number of aromatic amines is 1. The number of rotatable bonds is 1. The number of halogens is 4. The lowest BCUT2D eigenvalue weighted by Crippen LogP contribution is -2.09. The third-order valence-corrected chi connectivity index (χ3v) is 2.64. The Balaban J connectivity index is 2.55. The zero-order valence-electron chi connectivity index (χ0n) is 8.75. The SMILES string of the molecule is FC(F)(F)c1cc(-c2ccc(Cl)cc2)nc(=S)[nH]1. The molecule has 0 saturated carbocycles. The first-order chi connectivity index (χ1) is 8.36. The maximum Gasteiger partial charge on any atom is 0.431 e. The van der Waals surface area contributed by atoms with Crippen molar-refractivity contribution in [3.8, 4) is 11.3 Å². The van der Waals surface area contributed by atoms with Crippen molar-refractivity contribution in [2.24, 2.45) is 0 Å². The van der Waals surface area contributed by atoms with Crippen LogP contribution in [0.5, 0.6) is 0 Å². The van der Waals surface area contributed by atoms with Crippen LogP contribution in [-0.4, -0.2) is 9.97 Å². The van der Waals surface area contributed by atoms with Gasteiger partial charge in [0, 0.05) is 10.6 Å². The van der Waals surface area contributed by atoms with E-state index in [0.29, 0.717) is 10.6 Å². The zero-order valence-corrected chi connectivity index (χ0v) is 10.3. The van der Waals surface area contributed by atoms with E-state index in [4.69, 9.17) is 11.6 Å². The van der Waals surface area contributed by atoms with Crippen LogP contribution in [0.1, 0.15) is 5.69 Å². The second-order valence-electron chi connectivity index (χ2n) is 3.49. The fourth-order valence-electron chi connectivity index (χ4n) is 1.38. The Bertz CT molecular complexity index is 619. The smallest absolute Gasteiger partial charge is 0.327 e. The normalized spacial score (nSPS) is 11.6. The summed E-state index contributed by atoms with van der Waals surface area (Å²) in [7, 11) is 0. The van der Waals surface area contributed by atoms with Crippen LogP contribution in [0.25, 0.3) is 11.3 Å². The highest BCUT2D eigenvalue weighted by Gasteiger charge is 2.32. The van der Waals surface area contributed by atoms with E-state index in [0.717, 1.165) is 6.07 Å². The van der Waals surface area contributed by atoms with Crippen molar-refractivity contribution in [2.75, 3.05) is 0 Å². The second-order valence-corrected chi connectivity index (χ2v) is 4.31. The highest BCUT2D eigenvalue weighted by atomic mass is 35.5. The average molecular weight is 291 g/mol. The molecule has 1 aromatic carbocycles. The van der Waals surface area contributed by atoms with Crippen LogP contribution in [0.2, 0.25) is 5.02 Å². The van der Waals surface area contributed by atoms with Gasteiger partial charge in [0.1, 0.15) is 5.69 Å². The summed E-state index contributed by atoms with van der Waals surface area (Å²) in [5.74, 6) is 0. The first kappa shape index (κ1) is 13.0. The molecular weight excluding hydrogens is 285 g/mol. The van der Waals surface area contributed by atoms with Crippen molar-refractivity contribution in [3.63, 3.8) is 0 Å². The Labute approximate surface area is 110 Å². The summed E-state index contributed by atoms with van der Waals surface area (Å²) < 4.78 is 37.6. The largest absolute Gasteiger partial charge is 0.431 e. The molecule has 0 amide bonds. The molecular formula is C11H6ClF3N2S. The van der Waals surface area contributed by atoms with Crippen LogP contribution in [0.3, 0.4) is 0 Å². The summed E-state index contributed by atoms with van der Waals surface area (Å²) in [6.07, 6.45) is -4.49. The first-order valence-corrected chi connectivity index (χ1v) is 5.59. The molecule has 2 nitrogen and oxygen atoms in total. The lowest BCUT2D eigenvalue weighted by atomic mass is 10.1. The van der Waals surface area contributed by atoms with E-state index in [9.17, 15) is 13.2 Å². The number of benzene rings is 1. The van der Waals surface area contributed by atoms with Crippen molar-refractivity contribution >= 4 is 23.8 Å². The number of hydrogen-bond acceptors (Lipinski definition) is 2. The summed E-state index contributed by atoms with van der Waals surface area (Å²) in [5.41, 5.74) is -0.250. The predicted octanol–water partition coefficient (Wildman–Crippen LogP) is 4.48. The van der Waals surface area contributed by atoms with Gasteiger partial charge in [0.15, 0.2) is 4.77 Å². The summed E-state index contributed by atoms with van der Waals surface area (Å²) in [5, 5.41) is 0.496. The minimum Gasteiger partial charge on any atom is -0.327 e. The van der Waals surface area contributed by atoms with Crippen LogP contribution in [0, 0.1) is 4.77 Å². The number of H-pyrrole nitrogens is 1. The Morgan fingerprint density at radius 2 is 1.78 bits per heavy atom. The number of nitrogens with zero attached hydrogens (tertiary/aromatic N) is 1. The Morgan fingerprint density at radius 3 is 2.33 bits per heavy atom. The minimum atomic E-state index is -4.49. The number of alkyl halides is 3. The Hall–Kier alpha value is -1.40. The predicted molar refractivity (Wildman–Crippen MR) is 64.9 cm³/mol. The molecule has 2 rings (SSSR count). The van der Waals surface area contributed by atoms with Crippen molar-refractivity contribution in [3.05, 3.63) is 45.8 Å². The zero-order chi connectivity index (χ0) is 13.3. The second kappa shape index (κ2) is 4.70. The van der Waals surface area contributed by atoms with Gasteiger partial charge in [-0.15, -0.1) is 0 Å².